The highest BCUT2D eigenvalue weighted by Crippen LogP contribution is 2.26. The lowest BCUT2D eigenvalue weighted by molar-refractivity contribution is -0.301. The molecule has 0 spiro atoms. The SMILES string of the molecule is CC/C=C\C/C=C\C/C=C\C/C=C\C/C=C\CC(=O)OC1C(OCC(COC(=O)CCCCCCCCC/C=C\C/C=C\CCCCC)OC(=O)CCCCCCC/C=C\CCCCCCCC)OC(C(=O)O)C(O)C1O. The predicted octanol–water partition coefficient (Wildman–Crippen LogP) is 15.7. The van der Waals surface area contributed by atoms with Gasteiger partial charge in [-0.3, -0.25) is 14.4 Å². The van der Waals surface area contributed by atoms with E-state index in [-0.39, 0.29) is 25.9 Å². The number of aliphatic hydroxyl groups excluding tert-OH is 2. The Morgan fingerprint density at radius 2 is 0.857 bits per heavy atom. The van der Waals surface area contributed by atoms with Gasteiger partial charge in [-0.1, -0.05) is 214 Å². The quantitative estimate of drug-likeness (QED) is 0.0228. The number of unbranched alkanes of at least 4 members (excludes halogenated alkanes) is 21. The first-order chi connectivity index (χ1) is 37.6. The number of hydrogen-bond acceptors (Lipinski definition) is 11. The van der Waals surface area contributed by atoms with Gasteiger partial charge in [0.1, 0.15) is 18.8 Å². The summed E-state index contributed by atoms with van der Waals surface area (Å²) in [5.41, 5.74) is 0. The molecule has 6 atom stereocenters. The molecule has 0 aromatic carbocycles. The lowest BCUT2D eigenvalue weighted by atomic mass is 9.98. The molecule has 1 aliphatic rings. The smallest absolute Gasteiger partial charge is 0.335 e. The molecular weight excluding hydrogens is 973 g/mol. The molecular formula is C65H106O12. The van der Waals surface area contributed by atoms with Crippen LogP contribution in [-0.4, -0.2) is 89.2 Å². The summed E-state index contributed by atoms with van der Waals surface area (Å²) in [6.45, 7) is 5.79. The molecule has 0 radical (unpaired) electrons. The van der Waals surface area contributed by atoms with E-state index in [1.165, 1.54) is 77.0 Å². The molecule has 1 aliphatic heterocycles. The maximum Gasteiger partial charge on any atom is 0.335 e. The molecule has 6 unspecified atom stereocenters. The topological polar surface area (TPSA) is 175 Å². The molecule has 0 aromatic rings. The number of allylic oxidation sites excluding steroid dienone is 15. The summed E-state index contributed by atoms with van der Waals surface area (Å²) in [7, 11) is 0. The molecule has 0 saturated carbocycles. The first kappa shape index (κ1) is 70.7. The van der Waals surface area contributed by atoms with Gasteiger partial charge in [-0.15, -0.1) is 0 Å². The van der Waals surface area contributed by atoms with Crippen molar-refractivity contribution in [2.45, 2.75) is 276 Å². The number of carboxylic acids is 1. The van der Waals surface area contributed by atoms with Crippen LogP contribution in [0.25, 0.3) is 0 Å². The zero-order valence-corrected chi connectivity index (χ0v) is 48.2. The molecule has 1 heterocycles. The van der Waals surface area contributed by atoms with Crippen LogP contribution in [0.15, 0.2) is 97.2 Å². The average Bonchev–Trinajstić information content (AvgIpc) is 3.43. The summed E-state index contributed by atoms with van der Waals surface area (Å²) in [4.78, 5) is 51.1. The Balaban J connectivity index is 2.75. The predicted molar refractivity (Wildman–Crippen MR) is 312 cm³/mol. The molecule has 0 aliphatic carbocycles. The van der Waals surface area contributed by atoms with E-state index in [0.717, 1.165) is 103 Å². The third-order valence-electron chi connectivity index (χ3n) is 13.1. The number of carbonyl (C=O) groups is 4. The third kappa shape index (κ3) is 42.3. The minimum absolute atomic E-state index is 0.137. The van der Waals surface area contributed by atoms with Gasteiger partial charge in [-0.25, -0.2) is 4.79 Å². The fourth-order valence-electron chi connectivity index (χ4n) is 8.53. The van der Waals surface area contributed by atoms with Crippen LogP contribution in [0.1, 0.15) is 239 Å². The molecule has 1 fully saturated rings. The number of aliphatic carboxylic acids is 1. The van der Waals surface area contributed by atoms with E-state index in [1.54, 1.807) is 12.2 Å². The van der Waals surface area contributed by atoms with Crippen molar-refractivity contribution in [3.8, 4) is 0 Å². The van der Waals surface area contributed by atoms with Crippen LogP contribution in [0.5, 0.6) is 0 Å². The van der Waals surface area contributed by atoms with E-state index < -0.39 is 67.3 Å². The van der Waals surface area contributed by atoms with Crippen molar-refractivity contribution in [2.75, 3.05) is 13.2 Å². The number of aliphatic hydroxyl groups is 2. The third-order valence-corrected chi connectivity index (χ3v) is 13.1. The van der Waals surface area contributed by atoms with Crippen LogP contribution in [0.3, 0.4) is 0 Å². The second kappa shape index (κ2) is 52.3. The molecule has 12 nitrogen and oxygen atoms in total. The van der Waals surface area contributed by atoms with E-state index in [9.17, 15) is 34.5 Å². The number of ether oxygens (including phenoxy) is 5. The van der Waals surface area contributed by atoms with Crippen molar-refractivity contribution < 1.29 is 58.2 Å². The maximum absolute atomic E-state index is 13.2. The number of hydrogen-bond donors (Lipinski definition) is 3. The van der Waals surface area contributed by atoms with Gasteiger partial charge in [0.2, 0.25) is 0 Å². The van der Waals surface area contributed by atoms with Crippen LogP contribution in [0.2, 0.25) is 0 Å². The molecule has 12 heteroatoms. The second-order valence-electron chi connectivity index (χ2n) is 20.3. The molecule has 438 valence electrons. The number of carbonyl (C=O) groups excluding carboxylic acids is 3. The Hall–Kier alpha value is -4.36. The van der Waals surface area contributed by atoms with Gasteiger partial charge in [-0.2, -0.15) is 0 Å². The van der Waals surface area contributed by atoms with Crippen LogP contribution >= 0.6 is 0 Å². The number of rotatable bonds is 50. The molecule has 0 aromatic heterocycles. The van der Waals surface area contributed by atoms with Crippen molar-refractivity contribution in [1.29, 1.82) is 0 Å². The van der Waals surface area contributed by atoms with Gasteiger partial charge >= 0.3 is 23.9 Å². The van der Waals surface area contributed by atoms with Gasteiger partial charge in [0, 0.05) is 12.8 Å². The van der Waals surface area contributed by atoms with Gasteiger partial charge in [-0.05, 0) is 103 Å². The molecule has 1 saturated heterocycles. The zero-order chi connectivity index (χ0) is 56.1. The van der Waals surface area contributed by atoms with Crippen molar-refractivity contribution in [3.05, 3.63) is 97.2 Å². The van der Waals surface area contributed by atoms with Gasteiger partial charge in [0.15, 0.2) is 24.6 Å². The van der Waals surface area contributed by atoms with Crippen LogP contribution in [-0.2, 0) is 42.9 Å². The Bertz CT molecular complexity index is 1710. The highest BCUT2D eigenvalue weighted by Gasteiger charge is 2.50. The first-order valence-electron chi connectivity index (χ1n) is 30.2. The Kier molecular flexibility index (Phi) is 48.0. The van der Waals surface area contributed by atoms with Crippen LogP contribution < -0.4 is 0 Å². The summed E-state index contributed by atoms with van der Waals surface area (Å²) in [5.74, 6) is -3.31. The van der Waals surface area contributed by atoms with Gasteiger partial charge in [0.05, 0.1) is 13.0 Å². The van der Waals surface area contributed by atoms with Crippen LogP contribution in [0.4, 0.5) is 0 Å². The molecule has 77 heavy (non-hydrogen) atoms. The van der Waals surface area contributed by atoms with Crippen LogP contribution in [0, 0.1) is 0 Å². The summed E-state index contributed by atoms with van der Waals surface area (Å²) < 4.78 is 28.3. The Labute approximate surface area is 466 Å². The second-order valence-corrected chi connectivity index (χ2v) is 20.3. The highest BCUT2D eigenvalue weighted by atomic mass is 16.7. The summed E-state index contributed by atoms with van der Waals surface area (Å²) in [6.07, 6.45) is 56.8. The van der Waals surface area contributed by atoms with E-state index in [1.807, 2.05) is 12.2 Å². The zero-order valence-electron chi connectivity index (χ0n) is 48.2. The van der Waals surface area contributed by atoms with E-state index >= 15 is 0 Å². The average molecular weight is 1080 g/mol. The van der Waals surface area contributed by atoms with Crippen molar-refractivity contribution >= 4 is 23.9 Å². The monoisotopic (exact) mass is 1080 g/mol. The summed E-state index contributed by atoms with van der Waals surface area (Å²) in [5, 5.41) is 31.5. The Morgan fingerprint density at radius 1 is 0.455 bits per heavy atom. The van der Waals surface area contributed by atoms with E-state index in [0.29, 0.717) is 19.3 Å². The minimum atomic E-state index is -1.94. The first-order valence-corrected chi connectivity index (χ1v) is 30.2. The molecule has 0 bridgehead atoms. The summed E-state index contributed by atoms with van der Waals surface area (Å²) in [6, 6.07) is 0. The fourth-order valence-corrected chi connectivity index (χ4v) is 8.53. The minimum Gasteiger partial charge on any atom is -0.479 e. The fraction of sp³-hybridized carbons (Fsp3) is 0.692. The normalized spacial score (nSPS) is 18.7. The standard InChI is InChI=1S/C65H106O12/c1-4-7-10-13-16-19-22-25-28-29-32-33-36-39-42-45-48-51-57(66)73-54-56(75-58(67)52-49-46-43-40-37-34-30-26-23-20-17-14-11-8-5-2)55-74-65-63(61(70)60(69)62(77-65)64(71)72)76-59(68)53-50-47-44-41-38-35-31-27-24-21-18-15-12-9-6-3/h9,12,16,18-19,21,25-28,30-31,38,41,47,50,56,60-63,65,69-70H,4-8,10-11,13-15,17,20,22-24,29,32-37,39-40,42-46,48-49,51-55H2,1-3H3,(H,71,72)/b12-9-,19-16-,21-18-,28-25-,30-26-,31-27-,41-38-,50-47-. The summed E-state index contributed by atoms with van der Waals surface area (Å²) >= 11 is 0. The molecule has 1 rings (SSSR count). The Morgan fingerprint density at radius 3 is 1.35 bits per heavy atom. The lowest BCUT2D eigenvalue weighted by Gasteiger charge is -2.40. The highest BCUT2D eigenvalue weighted by molar-refractivity contribution is 5.74. The van der Waals surface area contributed by atoms with Crippen molar-refractivity contribution in [2.24, 2.45) is 0 Å². The van der Waals surface area contributed by atoms with Gasteiger partial charge in [0.25, 0.3) is 0 Å². The lowest BCUT2D eigenvalue weighted by Crippen LogP contribution is -2.61. The van der Waals surface area contributed by atoms with Crippen molar-refractivity contribution in [3.63, 3.8) is 0 Å². The van der Waals surface area contributed by atoms with E-state index in [2.05, 4.69) is 93.7 Å². The number of esters is 3. The molecule has 0 amide bonds. The maximum atomic E-state index is 13.2. The van der Waals surface area contributed by atoms with Crippen molar-refractivity contribution in [1.82, 2.24) is 0 Å². The molecule has 3 N–H and O–H groups in total. The van der Waals surface area contributed by atoms with E-state index in [4.69, 9.17) is 23.7 Å². The van der Waals surface area contributed by atoms with Gasteiger partial charge < -0.3 is 39.0 Å². The number of carboxylic acid groups (broad SMARTS) is 1. The largest absolute Gasteiger partial charge is 0.479 e.